The Labute approximate surface area is 91.3 Å². The first-order chi connectivity index (χ1) is 7.03. The van der Waals surface area contributed by atoms with Gasteiger partial charge < -0.3 is 16.0 Å². The summed E-state index contributed by atoms with van der Waals surface area (Å²) in [4.78, 5) is 2.33. The molecule has 3 nitrogen and oxygen atoms in total. The Morgan fingerprint density at radius 3 is 2.87 bits per heavy atom. The number of hydrogen-bond donors (Lipinski definition) is 2. The number of nitrogens with one attached hydrogen (secondary N) is 1. The second kappa shape index (κ2) is 3.33. The molecule has 0 radical (unpaired) electrons. The molecule has 1 aromatic carbocycles. The molecule has 0 fully saturated rings. The van der Waals surface area contributed by atoms with E-state index in [-0.39, 0.29) is 5.54 Å². The van der Waals surface area contributed by atoms with Gasteiger partial charge in [-0.3, -0.25) is 0 Å². The van der Waals surface area contributed by atoms with Crippen molar-refractivity contribution in [3.8, 4) is 0 Å². The van der Waals surface area contributed by atoms with E-state index in [1.165, 1.54) is 0 Å². The van der Waals surface area contributed by atoms with E-state index in [2.05, 4.69) is 37.1 Å². The molecule has 1 aliphatic heterocycles. The smallest absolute Gasteiger partial charge is 0.0836 e. The Morgan fingerprint density at radius 1 is 1.47 bits per heavy atom. The number of rotatable bonds is 1. The SMILES string of the molecule is CCN1CC(C)(C)Nc2cccc(N)c21. The maximum Gasteiger partial charge on any atom is 0.0836 e. The molecule has 0 unspecified atom stereocenters. The molecular formula is C12H19N3. The van der Waals surface area contributed by atoms with Crippen molar-refractivity contribution in [3.63, 3.8) is 0 Å². The third-order valence-corrected chi connectivity index (χ3v) is 2.82. The van der Waals surface area contributed by atoms with Crippen LogP contribution in [0.3, 0.4) is 0 Å². The lowest BCUT2D eigenvalue weighted by molar-refractivity contribution is 0.537. The highest BCUT2D eigenvalue weighted by Crippen LogP contribution is 2.38. The summed E-state index contributed by atoms with van der Waals surface area (Å²) in [6.45, 7) is 8.57. The van der Waals surface area contributed by atoms with Crippen LogP contribution in [0.25, 0.3) is 0 Å². The van der Waals surface area contributed by atoms with Crippen LogP contribution in [0.1, 0.15) is 20.8 Å². The molecule has 0 bridgehead atoms. The van der Waals surface area contributed by atoms with Crippen LogP contribution < -0.4 is 16.0 Å². The van der Waals surface area contributed by atoms with Crippen LogP contribution in [-0.4, -0.2) is 18.6 Å². The minimum absolute atomic E-state index is 0.108. The van der Waals surface area contributed by atoms with Gasteiger partial charge in [0.1, 0.15) is 0 Å². The molecule has 0 saturated heterocycles. The zero-order chi connectivity index (χ0) is 11.1. The number of nitrogens with two attached hydrogens (primary N) is 1. The number of fused-ring (bicyclic) bond motifs is 1. The Morgan fingerprint density at radius 2 is 2.20 bits per heavy atom. The van der Waals surface area contributed by atoms with Gasteiger partial charge in [0.15, 0.2) is 0 Å². The van der Waals surface area contributed by atoms with Crippen molar-refractivity contribution in [2.24, 2.45) is 0 Å². The number of benzene rings is 1. The first kappa shape index (κ1) is 10.1. The van der Waals surface area contributed by atoms with Crippen molar-refractivity contribution in [2.75, 3.05) is 29.0 Å². The average molecular weight is 205 g/mol. The summed E-state index contributed by atoms with van der Waals surface area (Å²) >= 11 is 0. The van der Waals surface area contributed by atoms with Crippen molar-refractivity contribution in [1.29, 1.82) is 0 Å². The summed E-state index contributed by atoms with van der Waals surface area (Å²) in [5.74, 6) is 0. The monoisotopic (exact) mass is 205 g/mol. The van der Waals surface area contributed by atoms with Gasteiger partial charge in [0, 0.05) is 18.6 Å². The maximum atomic E-state index is 6.01. The molecule has 0 saturated carbocycles. The van der Waals surface area contributed by atoms with Gasteiger partial charge in [-0.2, -0.15) is 0 Å². The number of hydrogen-bond acceptors (Lipinski definition) is 3. The topological polar surface area (TPSA) is 41.3 Å². The quantitative estimate of drug-likeness (QED) is 0.691. The third-order valence-electron chi connectivity index (χ3n) is 2.82. The number of anilines is 3. The molecule has 0 atom stereocenters. The van der Waals surface area contributed by atoms with E-state index >= 15 is 0 Å². The summed E-state index contributed by atoms with van der Waals surface area (Å²) in [5.41, 5.74) is 9.28. The van der Waals surface area contributed by atoms with Crippen molar-refractivity contribution in [1.82, 2.24) is 0 Å². The molecule has 1 aliphatic rings. The molecule has 0 aromatic heterocycles. The molecule has 82 valence electrons. The standard InChI is InChI=1S/C12H19N3/c1-4-15-8-12(2,3)14-10-7-5-6-9(13)11(10)15/h5-7,14H,4,8,13H2,1-3H3. The van der Waals surface area contributed by atoms with Crippen molar-refractivity contribution in [2.45, 2.75) is 26.3 Å². The van der Waals surface area contributed by atoms with Gasteiger partial charge in [-0.15, -0.1) is 0 Å². The van der Waals surface area contributed by atoms with E-state index in [1.54, 1.807) is 0 Å². The average Bonchev–Trinajstić information content (AvgIpc) is 2.15. The fourth-order valence-corrected chi connectivity index (χ4v) is 2.25. The number of nitrogens with zero attached hydrogens (tertiary/aromatic N) is 1. The van der Waals surface area contributed by atoms with Crippen LogP contribution in [0.15, 0.2) is 18.2 Å². The van der Waals surface area contributed by atoms with Crippen LogP contribution in [0, 0.1) is 0 Å². The molecule has 3 heteroatoms. The first-order valence-electron chi connectivity index (χ1n) is 5.45. The Bertz CT molecular complexity index is 371. The second-order valence-electron chi connectivity index (χ2n) is 4.77. The Balaban J connectivity index is 2.49. The van der Waals surface area contributed by atoms with Crippen LogP contribution in [0.4, 0.5) is 17.1 Å². The van der Waals surface area contributed by atoms with Crippen molar-refractivity contribution < 1.29 is 0 Å². The lowest BCUT2D eigenvalue weighted by Gasteiger charge is -2.42. The van der Waals surface area contributed by atoms with Crippen LogP contribution >= 0.6 is 0 Å². The molecule has 0 aliphatic carbocycles. The minimum Gasteiger partial charge on any atom is -0.397 e. The van der Waals surface area contributed by atoms with Crippen molar-refractivity contribution >= 4 is 17.1 Å². The predicted octanol–water partition coefficient (Wildman–Crippen LogP) is 2.30. The second-order valence-corrected chi connectivity index (χ2v) is 4.77. The summed E-state index contributed by atoms with van der Waals surface area (Å²) in [5, 5.41) is 3.52. The summed E-state index contributed by atoms with van der Waals surface area (Å²) in [6.07, 6.45) is 0. The van der Waals surface area contributed by atoms with Gasteiger partial charge in [0.2, 0.25) is 0 Å². The van der Waals surface area contributed by atoms with Gasteiger partial charge in [-0.1, -0.05) is 6.07 Å². The van der Waals surface area contributed by atoms with Crippen LogP contribution in [0.5, 0.6) is 0 Å². The number of nitrogen functional groups attached to an aromatic ring is 1. The van der Waals surface area contributed by atoms with E-state index < -0.39 is 0 Å². The fourth-order valence-electron chi connectivity index (χ4n) is 2.25. The summed E-state index contributed by atoms with van der Waals surface area (Å²) in [7, 11) is 0. The van der Waals surface area contributed by atoms with E-state index in [1.807, 2.05) is 12.1 Å². The van der Waals surface area contributed by atoms with E-state index in [0.717, 1.165) is 30.2 Å². The molecule has 1 aromatic rings. The van der Waals surface area contributed by atoms with E-state index in [9.17, 15) is 0 Å². The lowest BCUT2D eigenvalue weighted by Crippen LogP contribution is -2.48. The largest absolute Gasteiger partial charge is 0.397 e. The highest BCUT2D eigenvalue weighted by Gasteiger charge is 2.29. The van der Waals surface area contributed by atoms with E-state index in [0.29, 0.717) is 0 Å². The van der Waals surface area contributed by atoms with Crippen LogP contribution in [0.2, 0.25) is 0 Å². The molecule has 0 amide bonds. The normalized spacial score (nSPS) is 18.2. The summed E-state index contributed by atoms with van der Waals surface area (Å²) < 4.78 is 0. The van der Waals surface area contributed by atoms with E-state index in [4.69, 9.17) is 5.73 Å². The Hall–Kier alpha value is -1.38. The maximum absolute atomic E-state index is 6.01. The van der Waals surface area contributed by atoms with Gasteiger partial charge >= 0.3 is 0 Å². The minimum atomic E-state index is 0.108. The highest BCUT2D eigenvalue weighted by molar-refractivity contribution is 5.84. The van der Waals surface area contributed by atoms with Crippen molar-refractivity contribution in [3.05, 3.63) is 18.2 Å². The lowest BCUT2D eigenvalue weighted by atomic mass is 9.99. The number of likely N-dealkylation sites (N-methyl/N-ethyl adjacent to an activating group) is 1. The zero-order valence-corrected chi connectivity index (χ0v) is 9.67. The molecule has 1 heterocycles. The van der Waals surface area contributed by atoms with Gasteiger partial charge in [-0.25, -0.2) is 0 Å². The van der Waals surface area contributed by atoms with Gasteiger partial charge in [0.05, 0.1) is 17.1 Å². The van der Waals surface area contributed by atoms with Gasteiger partial charge in [-0.05, 0) is 32.9 Å². The first-order valence-corrected chi connectivity index (χ1v) is 5.45. The third kappa shape index (κ3) is 1.74. The molecule has 2 rings (SSSR count). The predicted molar refractivity (Wildman–Crippen MR) is 66.4 cm³/mol. The zero-order valence-electron chi connectivity index (χ0n) is 9.67. The Kier molecular flexibility index (Phi) is 2.25. The highest BCUT2D eigenvalue weighted by atomic mass is 15.2. The number of para-hydroxylation sites is 1. The molecule has 15 heavy (non-hydrogen) atoms. The molecule has 3 N–H and O–H groups in total. The molecular weight excluding hydrogens is 186 g/mol. The summed E-state index contributed by atoms with van der Waals surface area (Å²) in [6, 6.07) is 6.05. The van der Waals surface area contributed by atoms with Gasteiger partial charge in [0.25, 0.3) is 0 Å². The van der Waals surface area contributed by atoms with Crippen LogP contribution in [-0.2, 0) is 0 Å². The molecule has 0 spiro atoms. The fraction of sp³-hybridized carbons (Fsp3) is 0.500.